The van der Waals surface area contributed by atoms with Crippen LogP contribution in [0.15, 0.2) is 54.7 Å². The van der Waals surface area contributed by atoms with E-state index in [2.05, 4.69) is 39.2 Å². The first-order valence-corrected chi connectivity index (χ1v) is 14.0. The molecule has 8 heteroatoms. The molecule has 2 saturated heterocycles. The molecule has 3 aromatic rings. The lowest BCUT2D eigenvalue weighted by Gasteiger charge is -2.38. The van der Waals surface area contributed by atoms with Gasteiger partial charge in [0.1, 0.15) is 0 Å². The monoisotopic (exact) mass is 525 g/mol. The number of carbonyl (C=O) groups excluding carboxylic acids is 3. The number of imide groups is 1. The van der Waals surface area contributed by atoms with Gasteiger partial charge in [0.05, 0.1) is 29.1 Å². The number of anilines is 1. The first kappa shape index (κ1) is 25.3. The van der Waals surface area contributed by atoms with Crippen molar-refractivity contribution in [1.29, 1.82) is 0 Å². The maximum Gasteiger partial charge on any atom is 0.263 e. The molecule has 4 heterocycles. The number of fused-ring (bicyclic) bond motifs is 1. The van der Waals surface area contributed by atoms with Crippen LogP contribution in [0.3, 0.4) is 0 Å². The molecule has 6 rings (SSSR count). The number of benzene rings is 2. The van der Waals surface area contributed by atoms with Crippen LogP contribution in [-0.4, -0.2) is 63.5 Å². The summed E-state index contributed by atoms with van der Waals surface area (Å²) in [6, 6.07) is 16.1. The van der Waals surface area contributed by atoms with Crippen LogP contribution < -0.4 is 4.90 Å². The highest BCUT2D eigenvalue weighted by Gasteiger charge is 2.40. The average Bonchev–Trinajstić information content (AvgIpc) is 3.42. The van der Waals surface area contributed by atoms with Crippen molar-refractivity contribution in [3.05, 3.63) is 82.7 Å². The lowest BCUT2D eigenvalue weighted by Crippen LogP contribution is -2.45. The van der Waals surface area contributed by atoms with Crippen LogP contribution in [0.1, 0.15) is 69.1 Å². The van der Waals surface area contributed by atoms with Crippen LogP contribution in [0.5, 0.6) is 0 Å². The largest absolute Gasteiger partial charge is 0.371 e. The number of rotatable bonds is 5. The highest BCUT2D eigenvalue weighted by molar-refractivity contribution is 6.23. The van der Waals surface area contributed by atoms with Crippen LogP contribution in [0, 0.1) is 12.8 Å². The molecule has 3 aliphatic heterocycles. The predicted octanol–water partition coefficient (Wildman–Crippen LogP) is 4.15. The Bertz CT molecular complexity index is 1400. The molecule has 0 spiro atoms. The van der Waals surface area contributed by atoms with Crippen LogP contribution in [0.25, 0.3) is 0 Å². The molecule has 3 amide bonds. The molecule has 8 nitrogen and oxygen atoms in total. The summed E-state index contributed by atoms with van der Waals surface area (Å²) in [6.07, 6.45) is 5.38. The maximum absolute atomic E-state index is 13.5. The number of carbonyl (C=O) groups is 3. The maximum atomic E-state index is 13.5. The Kier molecular flexibility index (Phi) is 6.71. The number of nitrogens with zero attached hydrogens (tertiary/aromatic N) is 5. The van der Waals surface area contributed by atoms with Gasteiger partial charge in [-0.15, -0.1) is 0 Å². The van der Waals surface area contributed by atoms with Gasteiger partial charge in [-0.05, 0) is 56.2 Å². The zero-order chi connectivity index (χ0) is 27.1. The summed E-state index contributed by atoms with van der Waals surface area (Å²) < 4.78 is 1.70. The second kappa shape index (κ2) is 10.3. The Balaban J connectivity index is 1.09. The Morgan fingerprint density at radius 3 is 2.28 bits per heavy atom. The van der Waals surface area contributed by atoms with Gasteiger partial charge in [0.25, 0.3) is 11.8 Å². The third-order valence-corrected chi connectivity index (χ3v) is 8.68. The van der Waals surface area contributed by atoms with Gasteiger partial charge in [0, 0.05) is 50.9 Å². The summed E-state index contributed by atoms with van der Waals surface area (Å²) in [6.45, 7) is 5.10. The van der Waals surface area contributed by atoms with Crippen LogP contribution in [0.4, 0.5) is 5.69 Å². The van der Waals surface area contributed by atoms with Crippen molar-refractivity contribution in [3.8, 4) is 0 Å². The quantitative estimate of drug-likeness (QED) is 0.468. The van der Waals surface area contributed by atoms with E-state index in [1.165, 1.54) is 10.5 Å². The summed E-state index contributed by atoms with van der Waals surface area (Å²) in [7, 11) is 1.83. The second-order valence-electron chi connectivity index (χ2n) is 11.1. The molecule has 202 valence electrons. The number of likely N-dealkylation sites (tertiary alicyclic amines) is 1. The Labute approximate surface area is 229 Å². The van der Waals surface area contributed by atoms with Crippen molar-refractivity contribution < 1.29 is 14.4 Å². The molecule has 0 N–H and O–H groups in total. The zero-order valence-corrected chi connectivity index (χ0v) is 22.7. The van der Waals surface area contributed by atoms with Gasteiger partial charge in [-0.2, -0.15) is 5.10 Å². The summed E-state index contributed by atoms with van der Waals surface area (Å²) >= 11 is 0. The van der Waals surface area contributed by atoms with Gasteiger partial charge in [0.15, 0.2) is 0 Å². The highest BCUT2D eigenvalue weighted by Crippen LogP contribution is 2.36. The van der Waals surface area contributed by atoms with E-state index in [0.29, 0.717) is 30.1 Å². The fourth-order valence-electron chi connectivity index (χ4n) is 6.48. The SMILES string of the molecule is Cc1nn(C)cc1CN1C(=O)c2cccc(N3CCC(C(=O)N4CCC(c5ccccc5)CC4)CC3)c2C1=O. The normalized spacial score (nSPS) is 18.7. The average molecular weight is 526 g/mol. The van der Waals surface area contributed by atoms with Crippen molar-refractivity contribution in [2.75, 3.05) is 31.1 Å². The summed E-state index contributed by atoms with van der Waals surface area (Å²) in [5.74, 6) is 0.286. The molecule has 0 saturated carbocycles. The molecule has 2 fully saturated rings. The number of aryl methyl sites for hydroxylation is 2. The molecule has 0 radical (unpaired) electrons. The highest BCUT2D eigenvalue weighted by atomic mass is 16.2. The van der Waals surface area contributed by atoms with Crippen LogP contribution in [-0.2, 0) is 18.4 Å². The Hall–Kier alpha value is -3.94. The Morgan fingerprint density at radius 2 is 1.62 bits per heavy atom. The van der Waals surface area contributed by atoms with Gasteiger partial charge in [0.2, 0.25) is 5.91 Å². The minimum absolute atomic E-state index is 0.00803. The smallest absolute Gasteiger partial charge is 0.263 e. The molecular formula is C31H35N5O3. The molecule has 1 aromatic heterocycles. The van der Waals surface area contributed by atoms with Gasteiger partial charge in [-0.1, -0.05) is 36.4 Å². The van der Waals surface area contributed by atoms with E-state index in [1.54, 1.807) is 10.7 Å². The summed E-state index contributed by atoms with van der Waals surface area (Å²) in [5, 5.41) is 4.34. The number of hydrogen-bond donors (Lipinski definition) is 0. The molecule has 0 aliphatic carbocycles. The summed E-state index contributed by atoms with van der Waals surface area (Å²) in [5.41, 5.74) is 4.78. The van der Waals surface area contributed by atoms with Gasteiger partial charge < -0.3 is 9.80 Å². The molecule has 0 unspecified atom stereocenters. The van der Waals surface area contributed by atoms with Gasteiger partial charge in [-0.25, -0.2) is 0 Å². The van der Waals surface area contributed by atoms with Crippen molar-refractivity contribution in [3.63, 3.8) is 0 Å². The van der Waals surface area contributed by atoms with E-state index >= 15 is 0 Å². The van der Waals surface area contributed by atoms with Gasteiger partial charge >= 0.3 is 0 Å². The van der Waals surface area contributed by atoms with Gasteiger partial charge in [-0.3, -0.25) is 24.0 Å². The first-order valence-electron chi connectivity index (χ1n) is 14.0. The number of hydrogen-bond acceptors (Lipinski definition) is 5. The number of aromatic nitrogens is 2. The number of amides is 3. The Morgan fingerprint density at radius 1 is 0.897 bits per heavy atom. The molecule has 2 aromatic carbocycles. The molecule has 0 atom stereocenters. The van der Waals surface area contributed by atoms with E-state index in [4.69, 9.17) is 0 Å². The van der Waals surface area contributed by atoms with E-state index < -0.39 is 0 Å². The third-order valence-electron chi connectivity index (χ3n) is 8.68. The fraction of sp³-hybridized carbons (Fsp3) is 0.419. The van der Waals surface area contributed by atoms with Crippen molar-refractivity contribution in [2.24, 2.45) is 13.0 Å². The molecular weight excluding hydrogens is 490 g/mol. The second-order valence-corrected chi connectivity index (χ2v) is 11.1. The minimum atomic E-state index is -0.260. The molecule has 0 bridgehead atoms. The lowest BCUT2D eigenvalue weighted by atomic mass is 9.88. The number of piperidine rings is 2. The standard InChI is InChI=1S/C31H35N5O3/c1-21-25(19-33(2)32-21)20-36-30(38)26-9-6-10-27(28(26)31(36)39)34-15-13-24(14-16-34)29(37)35-17-11-23(12-18-35)22-7-4-3-5-8-22/h3-10,19,23-24H,11-18,20H2,1-2H3. The van der Waals surface area contributed by atoms with E-state index in [0.717, 1.165) is 55.7 Å². The lowest BCUT2D eigenvalue weighted by molar-refractivity contribution is -0.137. The van der Waals surface area contributed by atoms with E-state index in [9.17, 15) is 14.4 Å². The first-order chi connectivity index (χ1) is 18.9. The third kappa shape index (κ3) is 4.73. The topological polar surface area (TPSA) is 78.8 Å². The van der Waals surface area contributed by atoms with E-state index in [-0.39, 0.29) is 30.2 Å². The summed E-state index contributed by atoms with van der Waals surface area (Å²) in [4.78, 5) is 45.6. The van der Waals surface area contributed by atoms with Crippen molar-refractivity contribution in [1.82, 2.24) is 19.6 Å². The molecule has 3 aliphatic rings. The molecule has 39 heavy (non-hydrogen) atoms. The van der Waals surface area contributed by atoms with Crippen LogP contribution in [0.2, 0.25) is 0 Å². The predicted molar refractivity (Wildman–Crippen MR) is 149 cm³/mol. The minimum Gasteiger partial charge on any atom is -0.371 e. The zero-order valence-electron chi connectivity index (χ0n) is 22.7. The van der Waals surface area contributed by atoms with Crippen molar-refractivity contribution in [2.45, 2.75) is 45.1 Å². The van der Waals surface area contributed by atoms with E-state index in [1.807, 2.05) is 38.4 Å². The van der Waals surface area contributed by atoms with Crippen LogP contribution >= 0.6 is 0 Å². The fourth-order valence-corrected chi connectivity index (χ4v) is 6.48. The van der Waals surface area contributed by atoms with Crippen molar-refractivity contribution >= 4 is 23.4 Å².